The molecule has 0 bridgehead atoms. The molecule has 0 aliphatic carbocycles. The first kappa shape index (κ1) is 15.7. The van der Waals surface area contributed by atoms with Gasteiger partial charge in [-0.2, -0.15) is 0 Å². The van der Waals surface area contributed by atoms with Crippen LogP contribution in [-0.2, 0) is 11.3 Å². The summed E-state index contributed by atoms with van der Waals surface area (Å²) in [6.45, 7) is 5.04. The standard InChI is InChI=1S/C15H22FN3O2/c1-2-21-12-6-8-19(9-7-12)10-11-4-3-5-13(14(11)16)15(17)18-20/h3-5,12,20H,2,6-10H2,1H3,(H2,17,18). The number of hydrogen-bond donors (Lipinski definition) is 2. The van der Waals surface area contributed by atoms with Crippen LogP contribution in [0.5, 0.6) is 0 Å². The number of likely N-dealkylation sites (tertiary alicyclic amines) is 1. The lowest BCUT2D eigenvalue weighted by Crippen LogP contribution is -2.36. The molecule has 1 saturated heterocycles. The lowest BCUT2D eigenvalue weighted by atomic mass is 10.0. The van der Waals surface area contributed by atoms with Gasteiger partial charge in [0.1, 0.15) is 5.82 Å². The second-order valence-corrected chi connectivity index (χ2v) is 5.19. The van der Waals surface area contributed by atoms with Crippen molar-refractivity contribution in [3.63, 3.8) is 0 Å². The van der Waals surface area contributed by atoms with Crippen molar-refractivity contribution in [3.05, 3.63) is 35.1 Å². The van der Waals surface area contributed by atoms with E-state index < -0.39 is 5.82 Å². The van der Waals surface area contributed by atoms with E-state index in [1.54, 1.807) is 12.1 Å². The maximum atomic E-state index is 14.3. The van der Waals surface area contributed by atoms with E-state index in [2.05, 4.69) is 10.1 Å². The number of nitrogens with zero attached hydrogens (tertiary/aromatic N) is 2. The molecular weight excluding hydrogens is 273 g/mol. The van der Waals surface area contributed by atoms with Gasteiger partial charge in [-0.15, -0.1) is 0 Å². The van der Waals surface area contributed by atoms with Crippen LogP contribution < -0.4 is 5.73 Å². The molecule has 0 atom stereocenters. The topological polar surface area (TPSA) is 71.1 Å². The van der Waals surface area contributed by atoms with E-state index in [1.165, 1.54) is 6.07 Å². The van der Waals surface area contributed by atoms with Crippen LogP contribution in [0.4, 0.5) is 4.39 Å². The Balaban J connectivity index is 2.01. The average molecular weight is 295 g/mol. The fourth-order valence-corrected chi connectivity index (χ4v) is 2.66. The lowest BCUT2D eigenvalue weighted by Gasteiger charge is -2.31. The Morgan fingerprint density at radius 1 is 1.48 bits per heavy atom. The molecule has 0 unspecified atom stereocenters. The van der Waals surface area contributed by atoms with Crippen LogP contribution in [-0.4, -0.2) is 41.7 Å². The van der Waals surface area contributed by atoms with Gasteiger partial charge in [-0.05, 0) is 25.8 Å². The summed E-state index contributed by atoms with van der Waals surface area (Å²) in [6.07, 6.45) is 2.25. The fraction of sp³-hybridized carbons (Fsp3) is 0.533. The zero-order valence-electron chi connectivity index (χ0n) is 12.3. The summed E-state index contributed by atoms with van der Waals surface area (Å²) < 4.78 is 19.9. The smallest absolute Gasteiger partial charge is 0.173 e. The van der Waals surface area contributed by atoms with Crippen molar-refractivity contribution in [2.45, 2.75) is 32.4 Å². The summed E-state index contributed by atoms with van der Waals surface area (Å²) in [5.41, 5.74) is 6.18. The number of oxime groups is 1. The molecule has 1 aromatic carbocycles. The van der Waals surface area contributed by atoms with Crippen molar-refractivity contribution < 1.29 is 14.3 Å². The van der Waals surface area contributed by atoms with Gasteiger partial charge < -0.3 is 15.7 Å². The van der Waals surface area contributed by atoms with Gasteiger partial charge in [-0.1, -0.05) is 17.3 Å². The zero-order valence-corrected chi connectivity index (χ0v) is 12.3. The first-order valence-corrected chi connectivity index (χ1v) is 7.25. The van der Waals surface area contributed by atoms with Gasteiger partial charge in [0.2, 0.25) is 0 Å². The van der Waals surface area contributed by atoms with Crippen molar-refractivity contribution in [2.75, 3.05) is 19.7 Å². The quantitative estimate of drug-likeness (QED) is 0.377. The second kappa shape index (κ2) is 7.38. The van der Waals surface area contributed by atoms with Gasteiger partial charge in [-0.25, -0.2) is 4.39 Å². The Labute approximate surface area is 124 Å². The third-order valence-corrected chi connectivity index (χ3v) is 3.79. The Kier molecular flexibility index (Phi) is 5.52. The van der Waals surface area contributed by atoms with E-state index in [-0.39, 0.29) is 11.4 Å². The third kappa shape index (κ3) is 3.92. The molecule has 1 aromatic rings. The lowest BCUT2D eigenvalue weighted by molar-refractivity contribution is 0.0123. The van der Waals surface area contributed by atoms with Crippen molar-refractivity contribution in [1.29, 1.82) is 0 Å². The number of halogens is 1. The van der Waals surface area contributed by atoms with Crippen LogP contribution >= 0.6 is 0 Å². The van der Waals surface area contributed by atoms with Crippen molar-refractivity contribution >= 4 is 5.84 Å². The maximum absolute atomic E-state index is 14.3. The molecule has 6 heteroatoms. The fourth-order valence-electron chi connectivity index (χ4n) is 2.66. The van der Waals surface area contributed by atoms with E-state index >= 15 is 0 Å². The Hall–Kier alpha value is -1.66. The minimum absolute atomic E-state index is 0.138. The minimum Gasteiger partial charge on any atom is -0.409 e. The molecule has 1 heterocycles. The number of amidine groups is 1. The van der Waals surface area contributed by atoms with E-state index in [9.17, 15) is 4.39 Å². The molecule has 116 valence electrons. The van der Waals surface area contributed by atoms with Gasteiger partial charge in [0.15, 0.2) is 5.84 Å². The first-order chi connectivity index (χ1) is 10.2. The van der Waals surface area contributed by atoms with E-state index in [0.717, 1.165) is 32.5 Å². The first-order valence-electron chi connectivity index (χ1n) is 7.25. The van der Waals surface area contributed by atoms with Gasteiger partial charge in [-0.3, -0.25) is 4.90 Å². The molecule has 1 aliphatic heterocycles. The highest BCUT2D eigenvalue weighted by Crippen LogP contribution is 2.19. The van der Waals surface area contributed by atoms with Crippen molar-refractivity contribution in [1.82, 2.24) is 4.90 Å². The summed E-state index contributed by atoms with van der Waals surface area (Å²) >= 11 is 0. The van der Waals surface area contributed by atoms with Gasteiger partial charge in [0.05, 0.1) is 11.7 Å². The Morgan fingerprint density at radius 2 is 2.19 bits per heavy atom. The molecule has 5 nitrogen and oxygen atoms in total. The van der Waals surface area contributed by atoms with Gasteiger partial charge in [0, 0.05) is 31.8 Å². The van der Waals surface area contributed by atoms with E-state index in [4.69, 9.17) is 15.7 Å². The van der Waals surface area contributed by atoms with Crippen LogP contribution in [0, 0.1) is 5.82 Å². The summed E-state index contributed by atoms with van der Waals surface area (Å²) in [6, 6.07) is 4.96. The Bertz CT molecular complexity index is 500. The predicted octanol–water partition coefficient (Wildman–Crippen LogP) is 1.92. The average Bonchev–Trinajstić information content (AvgIpc) is 2.51. The summed E-state index contributed by atoms with van der Waals surface area (Å²) in [4.78, 5) is 2.20. The molecule has 3 N–H and O–H groups in total. The van der Waals surface area contributed by atoms with Crippen LogP contribution in [0.15, 0.2) is 23.4 Å². The van der Waals surface area contributed by atoms with Crippen LogP contribution in [0.1, 0.15) is 30.9 Å². The molecule has 0 amide bonds. The molecule has 2 rings (SSSR count). The van der Waals surface area contributed by atoms with E-state index in [1.807, 2.05) is 6.92 Å². The predicted molar refractivity (Wildman–Crippen MR) is 78.8 cm³/mol. The van der Waals surface area contributed by atoms with Crippen LogP contribution in [0.25, 0.3) is 0 Å². The molecule has 0 radical (unpaired) electrons. The van der Waals surface area contributed by atoms with Crippen LogP contribution in [0.2, 0.25) is 0 Å². The number of ether oxygens (including phenoxy) is 1. The highest BCUT2D eigenvalue weighted by atomic mass is 19.1. The third-order valence-electron chi connectivity index (χ3n) is 3.79. The monoisotopic (exact) mass is 295 g/mol. The normalized spacial score (nSPS) is 18.1. The number of piperidine rings is 1. The van der Waals surface area contributed by atoms with Crippen LogP contribution in [0.3, 0.4) is 0 Å². The molecule has 0 spiro atoms. The minimum atomic E-state index is -0.417. The van der Waals surface area contributed by atoms with E-state index in [0.29, 0.717) is 18.2 Å². The van der Waals surface area contributed by atoms with Crippen molar-refractivity contribution in [2.24, 2.45) is 10.9 Å². The Morgan fingerprint density at radius 3 is 2.81 bits per heavy atom. The molecule has 1 fully saturated rings. The summed E-state index contributed by atoms with van der Waals surface area (Å²) in [5, 5.41) is 11.5. The molecule has 0 saturated carbocycles. The highest BCUT2D eigenvalue weighted by molar-refractivity contribution is 5.97. The number of nitrogens with two attached hydrogens (primary N) is 1. The zero-order chi connectivity index (χ0) is 15.2. The maximum Gasteiger partial charge on any atom is 0.173 e. The molecule has 21 heavy (non-hydrogen) atoms. The molecular formula is C15H22FN3O2. The number of benzene rings is 1. The second-order valence-electron chi connectivity index (χ2n) is 5.19. The molecule has 0 aromatic heterocycles. The SMILES string of the molecule is CCOC1CCN(Cc2cccc(/C(N)=N/O)c2F)CC1. The van der Waals surface area contributed by atoms with Crippen molar-refractivity contribution in [3.8, 4) is 0 Å². The highest BCUT2D eigenvalue weighted by Gasteiger charge is 2.21. The molecule has 1 aliphatic rings. The summed E-state index contributed by atoms with van der Waals surface area (Å²) in [7, 11) is 0. The number of hydrogen-bond acceptors (Lipinski definition) is 4. The van der Waals surface area contributed by atoms with Gasteiger partial charge in [0.25, 0.3) is 0 Å². The summed E-state index contributed by atoms with van der Waals surface area (Å²) in [5.74, 6) is -0.621. The largest absolute Gasteiger partial charge is 0.409 e. The number of rotatable bonds is 5. The van der Waals surface area contributed by atoms with Gasteiger partial charge >= 0.3 is 0 Å².